The van der Waals surface area contributed by atoms with Gasteiger partial charge in [0.15, 0.2) is 17.6 Å². The number of methoxy groups -OCH3 is 1. The Bertz CT molecular complexity index is 972. The fourth-order valence-electron chi connectivity index (χ4n) is 2.67. The Morgan fingerprint density at radius 3 is 2.55 bits per heavy atom. The highest BCUT2D eigenvalue weighted by molar-refractivity contribution is 8.18. The number of imide groups is 1. The van der Waals surface area contributed by atoms with E-state index in [1.54, 1.807) is 24.3 Å². The van der Waals surface area contributed by atoms with Gasteiger partial charge in [0.05, 0.1) is 18.6 Å². The molecule has 8 heteroatoms. The average molecular weight is 413 g/mol. The number of rotatable bonds is 7. The topological polar surface area (TPSA) is 93.1 Å². The second kappa shape index (κ2) is 8.83. The molecular weight excluding hydrogens is 394 g/mol. The van der Waals surface area contributed by atoms with Crippen LogP contribution in [0.4, 0.5) is 4.79 Å². The van der Waals surface area contributed by atoms with E-state index in [1.165, 1.54) is 18.9 Å². The molecule has 0 spiro atoms. The maximum absolute atomic E-state index is 12.7. The van der Waals surface area contributed by atoms with E-state index in [-0.39, 0.29) is 23.4 Å². The van der Waals surface area contributed by atoms with Crippen LogP contribution in [0, 0.1) is 0 Å². The fraction of sp³-hybridized carbons (Fsp3) is 0.190. The molecule has 2 aromatic carbocycles. The number of carbonyl (C=O) groups is 3. The summed E-state index contributed by atoms with van der Waals surface area (Å²) in [7, 11) is 1.44. The molecule has 3 rings (SSSR count). The summed E-state index contributed by atoms with van der Waals surface area (Å²) in [5, 5.41) is 8.66. The number of nitrogens with zero attached hydrogens (tertiary/aromatic N) is 1. The molecule has 0 bridgehead atoms. The lowest BCUT2D eigenvalue weighted by Crippen LogP contribution is -2.27. The summed E-state index contributed by atoms with van der Waals surface area (Å²) in [6, 6.07) is 14.1. The first-order chi connectivity index (χ1) is 13.9. The number of carboxylic acid groups (broad SMARTS) is 1. The van der Waals surface area contributed by atoms with Gasteiger partial charge < -0.3 is 14.6 Å². The van der Waals surface area contributed by atoms with E-state index in [0.717, 1.165) is 17.3 Å². The van der Waals surface area contributed by atoms with Gasteiger partial charge in [0.1, 0.15) is 0 Å². The molecule has 0 aliphatic carbocycles. The summed E-state index contributed by atoms with van der Waals surface area (Å²) < 4.78 is 10.6. The first kappa shape index (κ1) is 20.5. The Kier molecular flexibility index (Phi) is 6.23. The Morgan fingerprint density at radius 2 is 1.90 bits per heavy atom. The van der Waals surface area contributed by atoms with Crippen LogP contribution in [0.2, 0.25) is 0 Å². The fourth-order valence-corrected chi connectivity index (χ4v) is 3.50. The molecule has 29 heavy (non-hydrogen) atoms. The molecule has 1 aliphatic rings. The van der Waals surface area contributed by atoms with Crippen molar-refractivity contribution in [2.24, 2.45) is 0 Å². The molecule has 1 atom stereocenters. The number of hydrogen-bond acceptors (Lipinski definition) is 6. The van der Waals surface area contributed by atoms with Crippen molar-refractivity contribution in [3.05, 3.63) is 64.6 Å². The molecule has 150 valence electrons. The van der Waals surface area contributed by atoms with Crippen LogP contribution in [0.25, 0.3) is 6.08 Å². The normalized spacial score (nSPS) is 16.2. The van der Waals surface area contributed by atoms with Crippen molar-refractivity contribution >= 4 is 35.0 Å². The lowest BCUT2D eigenvalue weighted by molar-refractivity contribution is -0.144. The molecule has 0 aromatic heterocycles. The first-order valence-electron chi connectivity index (χ1n) is 8.76. The van der Waals surface area contributed by atoms with Gasteiger partial charge in [-0.1, -0.05) is 36.4 Å². The van der Waals surface area contributed by atoms with Crippen molar-refractivity contribution in [1.82, 2.24) is 4.90 Å². The average Bonchev–Trinajstić information content (AvgIpc) is 2.97. The van der Waals surface area contributed by atoms with Gasteiger partial charge in [-0.15, -0.1) is 0 Å². The maximum Gasteiger partial charge on any atom is 0.344 e. The number of carboxylic acids is 1. The monoisotopic (exact) mass is 413 g/mol. The van der Waals surface area contributed by atoms with Crippen LogP contribution in [0.3, 0.4) is 0 Å². The number of ether oxygens (including phenoxy) is 2. The highest BCUT2D eigenvalue weighted by atomic mass is 32.2. The molecule has 1 fully saturated rings. The minimum absolute atomic E-state index is 0.214. The summed E-state index contributed by atoms with van der Waals surface area (Å²) in [5.41, 5.74) is 1.49. The quantitative estimate of drug-likeness (QED) is 0.691. The number of aliphatic carboxylic acids is 1. The van der Waals surface area contributed by atoms with Gasteiger partial charge in [-0.25, -0.2) is 4.79 Å². The van der Waals surface area contributed by atoms with Crippen LogP contribution >= 0.6 is 11.8 Å². The van der Waals surface area contributed by atoms with Crippen molar-refractivity contribution in [2.75, 3.05) is 7.11 Å². The van der Waals surface area contributed by atoms with E-state index in [4.69, 9.17) is 14.6 Å². The van der Waals surface area contributed by atoms with Crippen LogP contribution < -0.4 is 9.47 Å². The largest absolute Gasteiger partial charge is 0.493 e. The van der Waals surface area contributed by atoms with Gasteiger partial charge in [0, 0.05) is 0 Å². The van der Waals surface area contributed by atoms with E-state index < -0.39 is 12.1 Å². The SMILES string of the molecule is COc1cc(/C=C2\SC(=O)N(Cc3ccccc3)C2=O)ccc1O[C@H](C)C(=O)O. The predicted octanol–water partition coefficient (Wildman–Crippen LogP) is 3.78. The van der Waals surface area contributed by atoms with E-state index in [0.29, 0.717) is 16.2 Å². The van der Waals surface area contributed by atoms with Crippen molar-refractivity contribution in [3.8, 4) is 11.5 Å². The lowest BCUT2D eigenvalue weighted by Gasteiger charge is -2.14. The smallest absolute Gasteiger partial charge is 0.344 e. The molecule has 1 saturated heterocycles. The van der Waals surface area contributed by atoms with Crippen molar-refractivity contribution in [1.29, 1.82) is 0 Å². The van der Waals surface area contributed by atoms with Crippen LogP contribution in [-0.2, 0) is 16.1 Å². The number of thioether (sulfide) groups is 1. The number of hydrogen-bond donors (Lipinski definition) is 1. The second-order valence-corrected chi connectivity index (χ2v) is 7.26. The van der Waals surface area contributed by atoms with Gasteiger partial charge >= 0.3 is 5.97 Å². The Hall–Kier alpha value is -3.26. The maximum atomic E-state index is 12.7. The lowest BCUT2D eigenvalue weighted by atomic mass is 10.1. The summed E-state index contributed by atoms with van der Waals surface area (Å²) >= 11 is 0.877. The third-order valence-electron chi connectivity index (χ3n) is 4.19. The zero-order valence-electron chi connectivity index (χ0n) is 15.8. The second-order valence-electron chi connectivity index (χ2n) is 6.26. The standard InChI is InChI=1S/C21H19NO6S/c1-13(20(24)25)28-16-9-8-15(10-17(16)27-2)11-18-19(23)22(21(26)29-18)12-14-6-4-3-5-7-14/h3-11,13H,12H2,1-2H3,(H,24,25)/b18-11-/t13-/m1/s1. The number of amides is 2. The predicted molar refractivity (Wildman–Crippen MR) is 109 cm³/mol. The van der Waals surface area contributed by atoms with Gasteiger partial charge in [-0.3, -0.25) is 14.5 Å². The van der Waals surface area contributed by atoms with Gasteiger partial charge in [-0.2, -0.15) is 0 Å². The number of carbonyl (C=O) groups excluding carboxylic acids is 2. The van der Waals surface area contributed by atoms with Crippen LogP contribution in [0.15, 0.2) is 53.4 Å². The molecule has 0 radical (unpaired) electrons. The minimum Gasteiger partial charge on any atom is -0.493 e. The van der Waals surface area contributed by atoms with Crippen molar-refractivity contribution in [3.63, 3.8) is 0 Å². The van der Waals surface area contributed by atoms with E-state index >= 15 is 0 Å². The highest BCUT2D eigenvalue weighted by Gasteiger charge is 2.35. The van der Waals surface area contributed by atoms with Gasteiger partial charge in [0.25, 0.3) is 11.1 Å². The summed E-state index contributed by atoms with van der Waals surface area (Å²) in [6.07, 6.45) is 0.562. The Balaban J connectivity index is 1.80. The van der Waals surface area contributed by atoms with Crippen LogP contribution in [0.1, 0.15) is 18.1 Å². The molecule has 2 aromatic rings. The van der Waals surface area contributed by atoms with E-state index in [1.807, 2.05) is 30.3 Å². The summed E-state index contributed by atoms with van der Waals surface area (Å²) in [5.74, 6) is -0.849. The highest BCUT2D eigenvalue weighted by Crippen LogP contribution is 2.35. The van der Waals surface area contributed by atoms with Gasteiger partial charge in [0.2, 0.25) is 0 Å². The number of benzene rings is 2. The molecule has 1 heterocycles. The zero-order valence-corrected chi connectivity index (χ0v) is 16.6. The molecule has 1 aliphatic heterocycles. The van der Waals surface area contributed by atoms with E-state index in [9.17, 15) is 14.4 Å². The van der Waals surface area contributed by atoms with Crippen LogP contribution in [0.5, 0.6) is 11.5 Å². The molecule has 0 saturated carbocycles. The Labute approximate surface area is 171 Å². The van der Waals surface area contributed by atoms with Crippen LogP contribution in [-0.4, -0.2) is 40.3 Å². The first-order valence-corrected chi connectivity index (χ1v) is 9.57. The molecule has 1 N–H and O–H groups in total. The van der Waals surface area contributed by atoms with Crippen molar-refractivity contribution in [2.45, 2.75) is 19.6 Å². The third kappa shape index (κ3) is 4.78. The zero-order chi connectivity index (χ0) is 21.0. The summed E-state index contributed by atoms with van der Waals surface area (Å²) in [6.45, 7) is 1.63. The Morgan fingerprint density at radius 1 is 1.17 bits per heavy atom. The molecule has 2 amide bonds. The third-order valence-corrected chi connectivity index (χ3v) is 5.10. The minimum atomic E-state index is -1.09. The summed E-state index contributed by atoms with van der Waals surface area (Å²) in [4.78, 5) is 37.4. The van der Waals surface area contributed by atoms with E-state index in [2.05, 4.69) is 0 Å². The molecule has 0 unspecified atom stereocenters. The van der Waals surface area contributed by atoms with Gasteiger partial charge in [-0.05, 0) is 48.0 Å². The molecule has 7 nitrogen and oxygen atoms in total. The molecular formula is C21H19NO6S. The van der Waals surface area contributed by atoms with Crippen molar-refractivity contribution < 1.29 is 29.0 Å².